The van der Waals surface area contributed by atoms with Crippen molar-refractivity contribution in [3.63, 3.8) is 0 Å². The SMILES string of the molecule is Cc1ccc(S(=O)(=O)N(C)CC2(O)CCCC2)c2cccnc12. The number of aliphatic hydroxyl groups is 1. The van der Waals surface area contributed by atoms with Crippen LogP contribution in [0, 0.1) is 6.92 Å². The van der Waals surface area contributed by atoms with Crippen molar-refractivity contribution in [3.8, 4) is 0 Å². The molecule has 1 N–H and O–H groups in total. The van der Waals surface area contributed by atoms with Crippen LogP contribution in [0.2, 0.25) is 0 Å². The zero-order valence-corrected chi connectivity index (χ0v) is 14.3. The highest BCUT2D eigenvalue weighted by molar-refractivity contribution is 7.89. The summed E-state index contributed by atoms with van der Waals surface area (Å²) in [7, 11) is -2.14. The molecular formula is C17H22N2O3S. The van der Waals surface area contributed by atoms with Crippen molar-refractivity contribution in [2.75, 3.05) is 13.6 Å². The summed E-state index contributed by atoms with van der Waals surface area (Å²) in [5.74, 6) is 0. The lowest BCUT2D eigenvalue weighted by atomic mass is 10.0. The van der Waals surface area contributed by atoms with Crippen LogP contribution in [0.4, 0.5) is 0 Å². The van der Waals surface area contributed by atoms with E-state index in [0.717, 1.165) is 18.4 Å². The third-order valence-corrected chi connectivity index (χ3v) is 6.53. The Bertz CT molecular complexity index is 827. The summed E-state index contributed by atoms with van der Waals surface area (Å²) < 4.78 is 27.2. The van der Waals surface area contributed by atoms with Crippen LogP contribution in [-0.4, -0.2) is 42.0 Å². The molecule has 1 aliphatic carbocycles. The van der Waals surface area contributed by atoms with Crippen LogP contribution in [0.1, 0.15) is 31.2 Å². The maximum Gasteiger partial charge on any atom is 0.243 e. The summed E-state index contributed by atoms with van der Waals surface area (Å²) in [5.41, 5.74) is 0.735. The summed E-state index contributed by atoms with van der Waals surface area (Å²) in [6.07, 6.45) is 4.87. The van der Waals surface area contributed by atoms with E-state index in [4.69, 9.17) is 0 Å². The maximum absolute atomic E-state index is 13.0. The van der Waals surface area contributed by atoms with Crippen LogP contribution < -0.4 is 0 Å². The quantitative estimate of drug-likeness (QED) is 0.932. The number of hydrogen-bond acceptors (Lipinski definition) is 4. The zero-order chi connectivity index (χ0) is 16.7. The number of fused-ring (bicyclic) bond motifs is 1. The molecule has 1 aliphatic rings. The summed E-state index contributed by atoms with van der Waals surface area (Å²) in [6, 6.07) is 6.93. The van der Waals surface area contributed by atoms with E-state index in [1.807, 2.05) is 6.92 Å². The van der Waals surface area contributed by atoms with E-state index in [1.165, 1.54) is 11.4 Å². The molecule has 0 spiro atoms. The summed E-state index contributed by atoms with van der Waals surface area (Å²) >= 11 is 0. The van der Waals surface area contributed by atoms with Gasteiger partial charge in [0.2, 0.25) is 10.0 Å². The summed E-state index contributed by atoms with van der Waals surface area (Å²) in [4.78, 5) is 4.54. The van der Waals surface area contributed by atoms with Crippen LogP contribution in [0.5, 0.6) is 0 Å². The molecule has 5 nitrogen and oxygen atoms in total. The second-order valence-corrected chi connectivity index (χ2v) is 8.49. The normalized spacial score (nSPS) is 17.9. The first kappa shape index (κ1) is 16.4. The van der Waals surface area contributed by atoms with Crippen LogP contribution >= 0.6 is 0 Å². The molecule has 1 aromatic heterocycles. The third-order valence-electron chi connectivity index (χ3n) is 4.67. The van der Waals surface area contributed by atoms with Crippen molar-refractivity contribution in [3.05, 3.63) is 36.0 Å². The van der Waals surface area contributed by atoms with E-state index in [9.17, 15) is 13.5 Å². The van der Waals surface area contributed by atoms with Gasteiger partial charge in [-0.1, -0.05) is 18.9 Å². The minimum absolute atomic E-state index is 0.130. The maximum atomic E-state index is 13.0. The van der Waals surface area contributed by atoms with Crippen molar-refractivity contribution in [1.29, 1.82) is 0 Å². The second kappa shape index (κ2) is 5.85. The highest BCUT2D eigenvalue weighted by Gasteiger charge is 2.36. The Hall–Kier alpha value is -1.50. The molecule has 1 aromatic carbocycles. The van der Waals surface area contributed by atoms with Gasteiger partial charge in [-0.3, -0.25) is 4.98 Å². The Labute approximate surface area is 137 Å². The zero-order valence-electron chi connectivity index (χ0n) is 13.5. The van der Waals surface area contributed by atoms with Gasteiger partial charge in [0.1, 0.15) is 0 Å². The molecule has 3 rings (SSSR count). The van der Waals surface area contributed by atoms with Gasteiger partial charge in [0.15, 0.2) is 0 Å². The molecule has 0 bridgehead atoms. The van der Waals surface area contributed by atoms with Crippen molar-refractivity contribution >= 4 is 20.9 Å². The first-order chi connectivity index (χ1) is 10.8. The van der Waals surface area contributed by atoms with Crippen LogP contribution in [0.15, 0.2) is 35.4 Å². The predicted molar refractivity (Wildman–Crippen MR) is 89.7 cm³/mol. The lowest BCUT2D eigenvalue weighted by Crippen LogP contribution is -2.42. The van der Waals surface area contributed by atoms with E-state index in [-0.39, 0.29) is 11.4 Å². The predicted octanol–water partition coefficient (Wildman–Crippen LogP) is 2.47. The number of benzene rings is 1. The fourth-order valence-electron chi connectivity index (χ4n) is 3.37. The number of hydrogen-bond donors (Lipinski definition) is 1. The molecule has 0 amide bonds. The topological polar surface area (TPSA) is 70.5 Å². The molecule has 6 heteroatoms. The molecule has 0 atom stereocenters. The Morgan fingerprint density at radius 3 is 2.65 bits per heavy atom. The highest BCUT2D eigenvalue weighted by Crippen LogP contribution is 2.32. The van der Waals surface area contributed by atoms with E-state index in [1.54, 1.807) is 30.5 Å². The minimum atomic E-state index is -3.67. The number of nitrogens with zero attached hydrogens (tertiary/aromatic N) is 2. The average molecular weight is 334 g/mol. The lowest BCUT2D eigenvalue weighted by Gasteiger charge is -2.28. The molecule has 124 valence electrons. The molecule has 0 unspecified atom stereocenters. The number of sulfonamides is 1. The molecule has 0 radical (unpaired) electrons. The van der Waals surface area contributed by atoms with Gasteiger partial charge in [-0.25, -0.2) is 8.42 Å². The average Bonchev–Trinajstić information content (AvgIpc) is 2.94. The van der Waals surface area contributed by atoms with Crippen LogP contribution in [-0.2, 0) is 10.0 Å². The van der Waals surface area contributed by atoms with Gasteiger partial charge in [0.05, 0.1) is 16.0 Å². The monoisotopic (exact) mass is 334 g/mol. The fourth-order valence-corrected chi connectivity index (χ4v) is 4.80. The van der Waals surface area contributed by atoms with Gasteiger partial charge >= 0.3 is 0 Å². The number of pyridine rings is 1. The Morgan fingerprint density at radius 2 is 1.96 bits per heavy atom. The van der Waals surface area contributed by atoms with Gasteiger partial charge in [-0.05, 0) is 43.5 Å². The van der Waals surface area contributed by atoms with Gasteiger partial charge in [0.25, 0.3) is 0 Å². The molecule has 23 heavy (non-hydrogen) atoms. The van der Waals surface area contributed by atoms with Gasteiger partial charge in [0, 0.05) is 25.2 Å². The molecule has 2 aromatic rings. The number of likely N-dealkylation sites (N-methyl/N-ethyl adjacent to an activating group) is 1. The van der Waals surface area contributed by atoms with Crippen molar-refractivity contribution in [1.82, 2.24) is 9.29 Å². The van der Waals surface area contributed by atoms with E-state index in [0.29, 0.717) is 23.7 Å². The van der Waals surface area contributed by atoms with E-state index >= 15 is 0 Å². The van der Waals surface area contributed by atoms with Crippen molar-refractivity contribution in [2.45, 2.75) is 43.1 Å². The summed E-state index contributed by atoms with van der Waals surface area (Å²) in [6.45, 7) is 2.04. The molecule has 0 saturated heterocycles. The Kier molecular flexibility index (Phi) is 4.16. The molecular weight excluding hydrogens is 312 g/mol. The first-order valence-electron chi connectivity index (χ1n) is 7.87. The lowest BCUT2D eigenvalue weighted by molar-refractivity contribution is 0.0333. The van der Waals surface area contributed by atoms with Crippen LogP contribution in [0.25, 0.3) is 10.9 Å². The molecule has 1 saturated carbocycles. The molecule has 1 heterocycles. The van der Waals surface area contributed by atoms with Crippen molar-refractivity contribution < 1.29 is 13.5 Å². The van der Waals surface area contributed by atoms with Gasteiger partial charge in [-0.2, -0.15) is 4.31 Å². The van der Waals surface area contributed by atoms with Gasteiger partial charge < -0.3 is 5.11 Å². The number of rotatable bonds is 4. The largest absolute Gasteiger partial charge is 0.389 e. The Balaban J connectivity index is 2.01. The second-order valence-electron chi connectivity index (χ2n) is 6.47. The molecule has 1 fully saturated rings. The van der Waals surface area contributed by atoms with E-state index in [2.05, 4.69) is 4.98 Å². The smallest absolute Gasteiger partial charge is 0.243 e. The molecule has 0 aliphatic heterocycles. The highest BCUT2D eigenvalue weighted by atomic mass is 32.2. The number of aromatic nitrogens is 1. The third kappa shape index (κ3) is 2.98. The van der Waals surface area contributed by atoms with Gasteiger partial charge in [-0.15, -0.1) is 0 Å². The first-order valence-corrected chi connectivity index (χ1v) is 9.31. The minimum Gasteiger partial charge on any atom is -0.389 e. The standard InChI is InChI=1S/C17H22N2O3S/c1-13-7-8-15(14-6-5-11-18-16(13)14)23(21,22)19(2)12-17(20)9-3-4-10-17/h5-8,11,20H,3-4,9-10,12H2,1-2H3. The van der Waals surface area contributed by atoms with E-state index < -0.39 is 15.6 Å². The Morgan fingerprint density at radius 1 is 1.26 bits per heavy atom. The van der Waals surface area contributed by atoms with Crippen LogP contribution in [0.3, 0.4) is 0 Å². The van der Waals surface area contributed by atoms with Crippen molar-refractivity contribution in [2.24, 2.45) is 0 Å². The summed E-state index contributed by atoms with van der Waals surface area (Å²) in [5, 5.41) is 11.1. The number of aryl methyl sites for hydroxylation is 1. The fraction of sp³-hybridized carbons (Fsp3) is 0.471.